The third-order valence-electron chi connectivity index (χ3n) is 4.00. The fourth-order valence-corrected chi connectivity index (χ4v) is 2.57. The highest BCUT2D eigenvalue weighted by atomic mass is 35.5. The van der Waals surface area contributed by atoms with Crippen LogP contribution in [0.1, 0.15) is 17.3 Å². The molecule has 1 heterocycles. The molecule has 0 atom stereocenters. The van der Waals surface area contributed by atoms with Crippen LogP contribution < -0.4 is 10.2 Å². The van der Waals surface area contributed by atoms with Crippen molar-refractivity contribution in [3.63, 3.8) is 0 Å². The quantitative estimate of drug-likeness (QED) is 0.731. The summed E-state index contributed by atoms with van der Waals surface area (Å²) in [5, 5.41) is 10.3. The van der Waals surface area contributed by atoms with Gasteiger partial charge in [0.25, 0.3) is 5.91 Å². The second-order valence-electron chi connectivity index (χ2n) is 5.74. The van der Waals surface area contributed by atoms with Crippen molar-refractivity contribution in [3.8, 4) is 11.3 Å². The van der Waals surface area contributed by atoms with Gasteiger partial charge in [-0.1, -0.05) is 23.7 Å². The zero-order chi connectivity index (χ0) is 18.7. The van der Waals surface area contributed by atoms with Crippen LogP contribution in [0.15, 0.2) is 54.7 Å². The predicted molar refractivity (Wildman–Crippen MR) is 103 cm³/mol. The lowest BCUT2D eigenvalue weighted by Gasteiger charge is -2.15. The van der Waals surface area contributed by atoms with Crippen molar-refractivity contribution in [2.45, 2.75) is 6.92 Å². The highest BCUT2D eigenvalue weighted by Gasteiger charge is 2.15. The van der Waals surface area contributed by atoms with E-state index < -0.39 is 0 Å². The first-order valence-electron chi connectivity index (χ1n) is 7.90. The number of aromatic nitrogens is 2. The Morgan fingerprint density at radius 2 is 1.73 bits per heavy atom. The number of aromatic amines is 1. The van der Waals surface area contributed by atoms with Crippen LogP contribution in [0, 0.1) is 0 Å². The molecule has 2 aromatic carbocycles. The minimum atomic E-state index is -0.281. The molecule has 3 rings (SSSR count). The fourth-order valence-electron chi connectivity index (χ4n) is 2.44. The lowest BCUT2D eigenvalue weighted by atomic mass is 10.1. The Labute approximate surface area is 155 Å². The number of H-pyrrole nitrogens is 1. The van der Waals surface area contributed by atoms with E-state index in [1.54, 1.807) is 43.4 Å². The molecule has 6 nitrogen and oxygen atoms in total. The molecule has 0 fully saturated rings. The van der Waals surface area contributed by atoms with Gasteiger partial charge in [-0.2, -0.15) is 5.10 Å². The summed E-state index contributed by atoms with van der Waals surface area (Å²) in [6.07, 6.45) is 1.48. The smallest absolute Gasteiger partial charge is 0.259 e. The maximum absolute atomic E-state index is 12.6. The summed E-state index contributed by atoms with van der Waals surface area (Å²) < 4.78 is 0. The van der Waals surface area contributed by atoms with Crippen LogP contribution in [-0.4, -0.2) is 29.1 Å². The summed E-state index contributed by atoms with van der Waals surface area (Å²) in [6, 6.07) is 14.2. The van der Waals surface area contributed by atoms with Crippen molar-refractivity contribution in [1.82, 2.24) is 10.2 Å². The number of nitrogens with one attached hydrogen (secondary N) is 2. The van der Waals surface area contributed by atoms with Gasteiger partial charge in [0.05, 0.1) is 17.5 Å². The monoisotopic (exact) mass is 368 g/mol. The highest BCUT2D eigenvalue weighted by molar-refractivity contribution is 6.30. The van der Waals surface area contributed by atoms with Crippen LogP contribution in [0.4, 0.5) is 11.4 Å². The zero-order valence-corrected chi connectivity index (χ0v) is 15.0. The molecule has 132 valence electrons. The van der Waals surface area contributed by atoms with E-state index >= 15 is 0 Å². The second kappa shape index (κ2) is 7.41. The Kier molecular flexibility index (Phi) is 5.04. The summed E-state index contributed by atoms with van der Waals surface area (Å²) in [6.45, 7) is 1.49. The topological polar surface area (TPSA) is 78.1 Å². The number of rotatable bonds is 4. The Bertz CT molecular complexity index is 933. The number of carbonyl (C=O) groups is 2. The Hall–Kier alpha value is -3.12. The molecule has 0 radical (unpaired) electrons. The molecule has 2 N–H and O–H groups in total. The van der Waals surface area contributed by atoms with Gasteiger partial charge < -0.3 is 10.2 Å². The van der Waals surface area contributed by atoms with E-state index in [4.69, 9.17) is 11.6 Å². The van der Waals surface area contributed by atoms with Crippen LogP contribution in [0.2, 0.25) is 5.02 Å². The maximum atomic E-state index is 12.6. The number of anilines is 2. The van der Waals surface area contributed by atoms with Gasteiger partial charge in [-0.25, -0.2) is 0 Å². The Morgan fingerprint density at radius 1 is 1.08 bits per heavy atom. The largest absolute Gasteiger partial charge is 0.322 e. The molecule has 0 saturated carbocycles. The van der Waals surface area contributed by atoms with Gasteiger partial charge in [-0.15, -0.1) is 0 Å². The molecule has 0 aliphatic rings. The van der Waals surface area contributed by atoms with Crippen molar-refractivity contribution in [1.29, 1.82) is 0 Å². The minimum absolute atomic E-state index is 0.0622. The first-order chi connectivity index (χ1) is 12.5. The zero-order valence-electron chi connectivity index (χ0n) is 14.3. The highest BCUT2D eigenvalue weighted by Crippen LogP contribution is 2.24. The fraction of sp³-hybridized carbons (Fsp3) is 0.105. The van der Waals surface area contributed by atoms with Crippen LogP contribution in [0.3, 0.4) is 0 Å². The van der Waals surface area contributed by atoms with Crippen molar-refractivity contribution < 1.29 is 9.59 Å². The van der Waals surface area contributed by atoms with Gasteiger partial charge in [0, 0.05) is 35.9 Å². The molecule has 7 heteroatoms. The average molecular weight is 369 g/mol. The van der Waals surface area contributed by atoms with Gasteiger partial charge >= 0.3 is 0 Å². The van der Waals surface area contributed by atoms with Gasteiger partial charge in [-0.3, -0.25) is 14.7 Å². The average Bonchev–Trinajstić information content (AvgIpc) is 3.12. The summed E-state index contributed by atoms with van der Waals surface area (Å²) in [4.78, 5) is 25.5. The molecule has 0 aliphatic heterocycles. The molecule has 0 saturated heterocycles. The SMILES string of the molecule is CC(=O)N(C)c1ccc(NC(=O)c2cn[nH]c2-c2ccc(Cl)cc2)cc1. The number of nitrogens with zero attached hydrogens (tertiary/aromatic N) is 2. The van der Waals surface area contributed by atoms with E-state index in [-0.39, 0.29) is 11.8 Å². The number of halogens is 1. The van der Waals surface area contributed by atoms with E-state index in [9.17, 15) is 9.59 Å². The standard InChI is InChI=1S/C19H17ClN4O2/c1-12(25)24(2)16-9-7-15(8-10-16)22-19(26)17-11-21-23-18(17)13-3-5-14(20)6-4-13/h3-11H,1-2H3,(H,21,23)(H,22,26). The number of benzene rings is 2. The van der Waals surface area contributed by atoms with Crippen molar-refractivity contribution in [3.05, 3.63) is 65.3 Å². The molecule has 0 spiro atoms. The molecule has 0 aliphatic carbocycles. The molecular formula is C19H17ClN4O2. The first-order valence-corrected chi connectivity index (χ1v) is 8.28. The third-order valence-corrected chi connectivity index (χ3v) is 4.25. The number of amides is 2. The van der Waals surface area contributed by atoms with Crippen LogP contribution >= 0.6 is 11.6 Å². The van der Waals surface area contributed by atoms with Crippen LogP contribution in [-0.2, 0) is 4.79 Å². The minimum Gasteiger partial charge on any atom is -0.322 e. The summed E-state index contributed by atoms with van der Waals surface area (Å²) in [5.41, 5.74) is 3.24. The molecule has 1 aromatic heterocycles. The maximum Gasteiger partial charge on any atom is 0.259 e. The van der Waals surface area contributed by atoms with Crippen molar-refractivity contribution in [2.75, 3.05) is 17.3 Å². The molecule has 2 amide bonds. The van der Waals surface area contributed by atoms with E-state index in [0.29, 0.717) is 22.0 Å². The van der Waals surface area contributed by atoms with Gasteiger partial charge in [0.2, 0.25) is 5.91 Å². The van der Waals surface area contributed by atoms with E-state index in [1.807, 2.05) is 12.1 Å². The van der Waals surface area contributed by atoms with Crippen LogP contribution in [0.25, 0.3) is 11.3 Å². The van der Waals surface area contributed by atoms with E-state index in [0.717, 1.165) is 11.3 Å². The molecular weight excluding hydrogens is 352 g/mol. The summed E-state index contributed by atoms with van der Waals surface area (Å²) in [7, 11) is 1.69. The first kappa shape index (κ1) is 17.7. The number of hydrogen-bond acceptors (Lipinski definition) is 3. The molecule has 0 bridgehead atoms. The molecule has 3 aromatic rings. The molecule has 26 heavy (non-hydrogen) atoms. The third kappa shape index (κ3) is 3.75. The van der Waals surface area contributed by atoms with E-state index in [2.05, 4.69) is 15.5 Å². The van der Waals surface area contributed by atoms with Gasteiger partial charge in [-0.05, 0) is 36.4 Å². The van der Waals surface area contributed by atoms with Gasteiger partial charge in [0.15, 0.2) is 0 Å². The predicted octanol–water partition coefficient (Wildman–Crippen LogP) is 3.97. The second-order valence-corrected chi connectivity index (χ2v) is 6.18. The summed E-state index contributed by atoms with van der Waals surface area (Å²) >= 11 is 5.91. The number of hydrogen-bond donors (Lipinski definition) is 2. The number of carbonyl (C=O) groups excluding carboxylic acids is 2. The Balaban J connectivity index is 1.78. The summed E-state index contributed by atoms with van der Waals surface area (Å²) in [5.74, 6) is -0.343. The molecule has 0 unspecified atom stereocenters. The van der Waals surface area contributed by atoms with E-state index in [1.165, 1.54) is 18.0 Å². The van der Waals surface area contributed by atoms with Crippen molar-refractivity contribution in [2.24, 2.45) is 0 Å². The lowest BCUT2D eigenvalue weighted by molar-refractivity contribution is -0.116. The van der Waals surface area contributed by atoms with Gasteiger partial charge in [0.1, 0.15) is 0 Å². The van der Waals surface area contributed by atoms with Crippen molar-refractivity contribution >= 4 is 34.8 Å². The lowest BCUT2D eigenvalue weighted by Crippen LogP contribution is -2.22. The van der Waals surface area contributed by atoms with Crippen LogP contribution in [0.5, 0.6) is 0 Å². The normalized spacial score (nSPS) is 10.4. The Morgan fingerprint density at radius 3 is 2.35 bits per heavy atom.